The number of H-pyrrole nitrogens is 1. The summed E-state index contributed by atoms with van der Waals surface area (Å²) in [4.78, 5) is 34.5. The molecule has 2 fully saturated rings. The van der Waals surface area contributed by atoms with Crippen LogP contribution in [-0.4, -0.2) is 51.2 Å². The number of piperazine rings is 1. The number of anilines is 1. The van der Waals surface area contributed by atoms with Gasteiger partial charge in [-0.1, -0.05) is 15.9 Å². The minimum Gasteiger partial charge on any atom is -0.465 e. The zero-order chi connectivity index (χ0) is 16.2. The Balaban J connectivity index is 1.69. The molecule has 2 heterocycles. The van der Waals surface area contributed by atoms with Crippen molar-refractivity contribution in [2.75, 3.05) is 24.5 Å². The second-order valence-electron chi connectivity index (χ2n) is 6.13. The molecule has 1 saturated carbocycles. The van der Waals surface area contributed by atoms with Gasteiger partial charge < -0.3 is 10.0 Å². The van der Waals surface area contributed by atoms with Crippen LogP contribution < -0.4 is 10.5 Å². The van der Waals surface area contributed by atoms with Crippen molar-refractivity contribution in [3.8, 4) is 0 Å². The van der Waals surface area contributed by atoms with Crippen LogP contribution in [0.4, 0.5) is 10.7 Å². The molecule has 1 aliphatic carbocycles. The molecule has 1 spiro atoms. The highest BCUT2D eigenvalue weighted by atomic mass is 79.9. The Kier molecular flexibility index (Phi) is 3.12. The number of fused-ring (bicyclic) bond motifs is 1. The third-order valence-electron chi connectivity index (χ3n) is 4.66. The SMILES string of the molecule is O=C(O)N1CCN(c2nc3ccc(Br)cc3c(=O)[nH]2)CC12CC2. The number of hydrogen-bond donors (Lipinski definition) is 2. The molecule has 1 amide bonds. The molecule has 2 N–H and O–H groups in total. The Labute approximate surface area is 140 Å². The fraction of sp³-hybridized carbons (Fsp3) is 0.400. The first-order chi connectivity index (χ1) is 11.0. The molecule has 0 atom stereocenters. The van der Waals surface area contributed by atoms with Crippen LogP contribution in [0.5, 0.6) is 0 Å². The second-order valence-corrected chi connectivity index (χ2v) is 7.05. The van der Waals surface area contributed by atoms with Crippen molar-refractivity contribution in [3.63, 3.8) is 0 Å². The summed E-state index contributed by atoms with van der Waals surface area (Å²) in [6.45, 7) is 1.53. The van der Waals surface area contributed by atoms with E-state index in [0.29, 0.717) is 36.5 Å². The van der Waals surface area contributed by atoms with Gasteiger partial charge in [-0.2, -0.15) is 0 Å². The van der Waals surface area contributed by atoms with E-state index in [4.69, 9.17) is 0 Å². The van der Waals surface area contributed by atoms with E-state index in [1.807, 2.05) is 11.0 Å². The molecule has 0 radical (unpaired) electrons. The molecule has 0 bridgehead atoms. The van der Waals surface area contributed by atoms with Crippen molar-refractivity contribution in [3.05, 3.63) is 33.0 Å². The van der Waals surface area contributed by atoms with Gasteiger partial charge in [0, 0.05) is 24.1 Å². The monoisotopic (exact) mass is 378 g/mol. The molecular formula is C15H15BrN4O3. The van der Waals surface area contributed by atoms with E-state index in [9.17, 15) is 14.7 Å². The molecule has 1 saturated heterocycles. The maximum Gasteiger partial charge on any atom is 0.407 e. The lowest BCUT2D eigenvalue weighted by Crippen LogP contribution is -2.57. The minimum atomic E-state index is -0.869. The van der Waals surface area contributed by atoms with Crippen molar-refractivity contribution in [1.82, 2.24) is 14.9 Å². The highest BCUT2D eigenvalue weighted by Gasteiger charge is 2.53. The van der Waals surface area contributed by atoms with Crippen molar-refractivity contribution in [2.24, 2.45) is 0 Å². The zero-order valence-corrected chi connectivity index (χ0v) is 13.8. The van der Waals surface area contributed by atoms with Gasteiger partial charge in [-0.25, -0.2) is 9.78 Å². The molecule has 8 heteroatoms. The van der Waals surface area contributed by atoms with Crippen LogP contribution in [0.1, 0.15) is 12.8 Å². The Morgan fingerprint density at radius 3 is 2.83 bits per heavy atom. The Morgan fingerprint density at radius 2 is 2.13 bits per heavy atom. The van der Waals surface area contributed by atoms with Gasteiger partial charge in [-0.3, -0.25) is 14.7 Å². The normalized spacial score (nSPS) is 19.3. The minimum absolute atomic E-state index is 0.184. The number of halogens is 1. The Hall–Kier alpha value is -2.09. The summed E-state index contributed by atoms with van der Waals surface area (Å²) >= 11 is 3.35. The number of carboxylic acid groups (broad SMARTS) is 1. The quantitative estimate of drug-likeness (QED) is 0.792. The molecule has 120 valence electrons. The predicted octanol–water partition coefficient (Wildman–Crippen LogP) is 2.02. The lowest BCUT2D eigenvalue weighted by molar-refractivity contribution is 0.110. The zero-order valence-electron chi connectivity index (χ0n) is 12.3. The van der Waals surface area contributed by atoms with Gasteiger partial charge in [0.1, 0.15) is 0 Å². The maximum absolute atomic E-state index is 12.3. The van der Waals surface area contributed by atoms with Crippen LogP contribution in [-0.2, 0) is 0 Å². The standard InChI is InChI=1S/C15H15BrN4O3/c16-9-1-2-11-10(7-9)12(21)18-13(17-11)19-5-6-20(14(22)23)15(8-19)3-4-15/h1-2,7H,3-6,8H2,(H,22,23)(H,17,18,21). The molecule has 1 aliphatic heterocycles. The second kappa shape index (κ2) is 4.95. The van der Waals surface area contributed by atoms with Crippen molar-refractivity contribution < 1.29 is 9.90 Å². The summed E-state index contributed by atoms with van der Waals surface area (Å²) in [5.41, 5.74) is 0.145. The van der Waals surface area contributed by atoms with Crippen molar-refractivity contribution in [1.29, 1.82) is 0 Å². The van der Waals surface area contributed by atoms with Crippen LogP contribution in [0.2, 0.25) is 0 Å². The molecule has 2 aliphatic rings. The lowest BCUT2D eigenvalue weighted by Gasteiger charge is -2.40. The highest BCUT2D eigenvalue weighted by Crippen LogP contribution is 2.44. The molecule has 7 nitrogen and oxygen atoms in total. The van der Waals surface area contributed by atoms with E-state index >= 15 is 0 Å². The van der Waals surface area contributed by atoms with Crippen molar-refractivity contribution >= 4 is 38.9 Å². The third-order valence-corrected chi connectivity index (χ3v) is 5.16. The fourth-order valence-corrected chi connectivity index (χ4v) is 3.64. The predicted molar refractivity (Wildman–Crippen MR) is 89.0 cm³/mol. The van der Waals surface area contributed by atoms with Gasteiger partial charge in [-0.05, 0) is 31.0 Å². The molecular weight excluding hydrogens is 364 g/mol. The first-order valence-electron chi connectivity index (χ1n) is 7.44. The highest BCUT2D eigenvalue weighted by molar-refractivity contribution is 9.10. The summed E-state index contributed by atoms with van der Waals surface area (Å²) in [6.07, 6.45) is 0.855. The number of aromatic nitrogens is 2. The third kappa shape index (κ3) is 2.37. The Morgan fingerprint density at radius 1 is 1.35 bits per heavy atom. The van der Waals surface area contributed by atoms with E-state index in [-0.39, 0.29) is 11.1 Å². The summed E-state index contributed by atoms with van der Waals surface area (Å²) in [7, 11) is 0. The number of benzene rings is 1. The van der Waals surface area contributed by atoms with Crippen LogP contribution in [0.15, 0.2) is 27.5 Å². The number of carbonyl (C=O) groups is 1. The van der Waals surface area contributed by atoms with E-state index in [1.54, 1.807) is 12.1 Å². The van der Waals surface area contributed by atoms with Crippen LogP contribution >= 0.6 is 15.9 Å². The first kappa shape index (κ1) is 14.5. The van der Waals surface area contributed by atoms with E-state index in [2.05, 4.69) is 25.9 Å². The van der Waals surface area contributed by atoms with Crippen LogP contribution in [0.25, 0.3) is 10.9 Å². The largest absolute Gasteiger partial charge is 0.465 e. The Bertz CT molecular complexity index is 861. The number of nitrogens with one attached hydrogen (secondary N) is 1. The van der Waals surface area contributed by atoms with E-state index in [1.165, 1.54) is 4.90 Å². The van der Waals surface area contributed by atoms with E-state index in [0.717, 1.165) is 17.3 Å². The van der Waals surface area contributed by atoms with Gasteiger partial charge in [0.15, 0.2) is 0 Å². The number of nitrogens with zero attached hydrogens (tertiary/aromatic N) is 3. The first-order valence-corrected chi connectivity index (χ1v) is 8.23. The number of rotatable bonds is 1. The fourth-order valence-electron chi connectivity index (χ4n) is 3.28. The van der Waals surface area contributed by atoms with Gasteiger partial charge in [0.2, 0.25) is 5.95 Å². The van der Waals surface area contributed by atoms with E-state index < -0.39 is 6.09 Å². The van der Waals surface area contributed by atoms with Gasteiger partial charge >= 0.3 is 6.09 Å². The van der Waals surface area contributed by atoms with Crippen LogP contribution in [0, 0.1) is 0 Å². The number of amides is 1. The summed E-state index contributed by atoms with van der Waals surface area (Å²) in [5, 5.41) is 9.85. The number of aromatic amines is 1. The maximum atomic E-state index is 12.3. The topological polar surface area (TPSA) is 89.5 Å². The summed E-state index contributed by atoms with van der Waals surface area (Å²) < 4.78 is 0.831. The molecule has 4 rings (SSSR count). The molecule has 2 aromatic rings. The molecule has 0 unspecified atom stereocenters. The summed E-state index contributed by atoms with van der Waals surface area (Å²) in [5.74, 6) is 0.515. The average Bonchev–Trinajstić information content (AvgIpc) is 3.27. The van der Waals surface area contributed by atoms with Gasteiger partial charge in [-0.15, -0.1) is 0 Å². The van der Waals surface area contributed by atoms with Crippen LogP contribution in [0.3, 0.4) is 0 Å². The molecule has 1 aromatic carbocycles. The summed E-state index contributed by atoms with van der Waals surface area (Å²) in [6, 6.07) is 5.40. The van der Waals surface area contributed by atoms with Gasteiger partial charge in [0.25, 0.3) is 5.56 Å². The molecule has 1 aromatic heterocycles. The molecule has 23 heavy (non-hydrogen) atoms. The smallest absolute Gasteiger partial charge is 0.407 e. The lowest BCUT2D eigenvalue weighted by atomic mass is 10.1. The number of hydrogen-bond acceptors (Lipinski definition) is 4. The van der Waals surface area contributed by atoms with Gasteiger partial charge in [0.05, 0.1) is 16.4 Å². The van der Waals surface area contributed by atoms with Crippen molar-refractivity contribution in [2.45, 2.75) is 18.4 Å². The average molecular weight is 379 g/mol.